The highest BCUT2D eigenvalue weighted by atomic mass is 16.6. The number of cyclic esters (lactones) is 1. The Kier molecular flexibility index (Phi) is 3.93. The van der Waals surface area contributed by atoms with Crippen molar-refractivity contribution in [3.8, 4) is 0 Å². The molecule has 0 aliphatic carbocycles. The number of carbonyl (C=O) groups is 1. The summed E-state index contributed by atoms with van der Waals surface area (Å²) in [4.78, 5) is 16.3. The van der Waals surface area contributed by atoms with E-state index in [0.717, 1.165) is 39.0 Å². The Labute approximate surface area is 143 Å². The van der Waals surface area contributed by atoms with E-state index >= 15 is 0 Å². The van der Waals surface area contributed by atoms with Crippen LogP contribution in [0.15, 0.2) is 42.5 Å². The monoisotopic (exact) mass is 324 g/mol. The molecule has 0 aromatic heterocycles. The predicted molar refractivity (Wildman–Crippen MR) is 95.2 cm³/mol. The number of benzene rings is 2. The van der Waals surface area contributed by atoms with E-state index < -0.39 is 0 Å². The van der Waals surface area contributed by atoms with Crippen LogP contribution >= 0.6 is 0 Å². The minimum absolute atomic E-state index is 0.117. The average Bonchev–Trinajstić information content (AvgIpc) is 2.97. The fourth-order valence-corrected chi connectivity index (χ4v) is 4.13. The summed E-state index contributed by atoms with van der Waals surface area (Å²) in [5, 5.41) is 2.66. The minimum Gasteiger partial charge on any atom is -0.447 e. The van der Waals surface area contributed by atoms with Gasteiger partial charge in [0.1, 0.15) is 6.61 Å². The molecular weight excluding hydrogens is 300 g/mol. The third-order valence-electron chi connectivity index (χ3n) is 5.65. The van der Waals surface area contributed by atoms with E-state index in [9.17, 15) is 4.79 Å². The second kappa shape index (κ2) is 6.10. The first-order chi connectivity index (χ1) is 11.7. The maximum absolute atomic E-state index is 11.9. The van der Waals surface area contributed by atoms with Gasteiger partial charge in [0.2, 0.25) is 0 Å². The van der Waals surface area contributed by atoms with Gasteiger partial charge >= 0.3 is 6.09 Å². The number of piperazine rings is 1. The van der Waals surface area contributed by atoms with Crippen molar-refractivity contribution in [2.24, 2.45) is 0 Å². The van der Waals surface area contributed by atoms with Gasteiger partial charge in [0.25, 0.3) is 0 Å². The summed E-state index contributed by atoms with van der Waals surface area (Å²) in [5.41, 5.74) is 1.29. The molecule has 2 fully saturated rings. The van der Waals surface area contributed by atoms with Crippen molar-refractivity contribution < 1.29 is 9.53 Å². The molecule has 1 atom stereocenters. The number of rotatable bonds is 4. The maximum atomic E-state index is 11.9. The lowest BCUT2D eigenvalue weighted by molar-refractivity contribution is 0.0497. The van der Waals surface area contributed by atoms with E-state index in [1.807, 2.05) is 4.90 Å². The fourth-order valence-electron chi connectivity index (χ4n) is 4.13. The molecule has 24 heavy (non-hydrogen) atoms. The molecule has 0 radical (unpaired) electrons. The Morgan fingerprint density at radius 1 is 1.12 bits per heavy atom. The summed E-state index contributed by atoms with van der Waals surface area (Å²) in [5.74, 6) is 0. The number of nitrogens with zero attached hydrogens (tertiary/aromatic N) is 2. The molecule has 4 rings (SSSR count). The molecule has 2 aliphatic rings. The highest BCUT2D eigenvalue weighted by molar-refractivity contribution is 5.85. The van der Waals surface area contributed by atoms with E-state index in [4.69, 9.17) is 4.74 Å². The van der Waals surface area contributed by atoms with E-state index in [1.165, 1.54) is 16.3 Å². The Hall–Kier alpha value is -2.07. The molecule has 2 saturated heterocycles. The summed E-state index contributed by atoms with van der Waals surface area (Å²) in [6.45, 7) is 6.35. The van der Waals surface area contributed by atoms with Crippen LogP contribution in [0.2, 0.25) is 0 Å². The molecule has 2 aromatic rings. The van der Waals surface area contributed by atoms with Crippen LogP contribution < -0.4 is 0 Å². The van der Waals surface area contributed by atoms with Gasteiger partial charge in [-0.1, -0.05) is 49.4 Å². The molecule has 2 aromatic carbocycles. The normalized spacial score (nSPS) is 24.2. The minimum atomic E-state index is -0.134. The zero-order chi connectivity index (χ0) is 16.6. The van der Waals surface area contributed by atoms with Gasteiger partial charge in [-0.25, -0.2) is 4.79 Å². The first-order valence-electron chi connectivity index (χ1n) is 8.85. The zero-order valence-electron chi connectivity index (χ0n) is 14.2. The van der Waals surface area contributed by atoms with E-state index in [0.29, 0.717) is 6.61 Å². The van der Waals surface area contributed by atoms with Crippen LogP contribution in [0, 0.1) is 0 Å². The van der Waals surface area contributed by atoms with Crippen molar-refractivity contribution in [1.29, 1.82) is 0 Å². The molecule has 1 unspecified atom stereocenters. The lowest BCUT2D eigenvalue weighted by Gasteiger charge is -2.44. The Morgan fingerprint density at radius 2 is 1.96 bits per heavy atom. The molecule has 126 valence electrons. The second-order valence-corrected chi connectivity index (χ2v) is 6.95. The summed E-state index contributed by atoms with van der Waals surface area (Å²) < 4.78 is 5.32. The molecular formula is C20H24N2O2. The van der Waals surface area contributed by atoms with Crippen LogP contribution in [0.1, 0.15) is 18.9 Å². The number of ether oxygens (including phenoxy) is 1. The van der Waals surface area contributed by atoms with Gasteiger partial charge in [0.05, 0.1) is 5.54 Å². The summed E-state index contributed by atoms with van der Waals surface area (Å²) in [6.07, 6.45) is 1.85. The first kappa shape index (κ1) is 15.5. The molecule has 1 amide bonds. The van der Waals surface area contributed by atoms with Crippen LogP contribution in [-0.2, 0) is 11.2 Å². The summed E-state index contributed by atoms with van der Waals surface area (Å²) in [7, 11) is 0. The zero-order valence-corrected chi connectivity index (χ0v) is 14.2. The van der Waals surface area contributed by atoms with Gasteiger partial charge in [-0.2, -0.15) is 0 Å². The molecule has 0 N–H and O–H groups in total. The van der Waals surface area contributed by atoms with Gasteiger partial charge in [-0.05, 0) is 29.2 Å². The standard InChI is InChI=1S/C20H24N2O2/c1-2-20-14-21(12-13-22(20)19(23)24-15-20)11-10-17-8-5-7-16-6-3-4-9-18(16)17/h3-9H,2,10-15H2,1H3. The summed E-state index contributed by atoms with van der Waals surface area (Å²) >= 11 is 0. The third-order valence-corrected chi connectivity index (χ3v) is 5.65. The van der Waals surface area contributed by atoms with Gasteiger partial charge in [-0.3, -0.25) is 9.80 Å². The Morgan fingerprint density at radius 3 is 2.83 bits per heavy atom. The number of amides is 1. The topological polar surface area (TPSA) is 32.8 Å². The van der Waals surface area contributed by atoms with Crippen LogP contribution in [0.25, 0.3) is 10.8 Å². The van der Waals surface area contributed by atoms with E-state index in [2.05, 4.69) is 54.3 Å². The lowest BCUT2D eigenvalue weighted by Crippen LogP contribution is -2.61. The molecule has 4 nitrogen and oxygen atoms in total. The quantitative estimate of drug-likeness (QED) is 0.865. The summed E-state index contributed by atoms with van der Waals surface area (Å²) in [6, 6.07) is 15.1. The largest absolute Gasteiger partial charge is 0.447 e. The van der Waals surface area contributed by atoms with Crippen LogP contribution in [0.5, 0.6) is 0 Å². The smallest absolute Gasteiger partial charge is 0.410 e. The number of hydrogen-bond donors (Lipinski definition) is 0. The van der Waals surface area contributed by atoms with Crippen LogP contribution in [0.3, 0.4) is 0 Å². The molecule has 0 saturated carbocycles. The van der Waals surface area contributed by atoms with Crippen molar-refractivity contribution in [2.45, 2.75) is 25.3 Å². The van der Waals surface area contributed by atoms with Gasteiger partial charge in [0, 0.05) is 26.2 Å². The Balaban J connectivity index is 1.47. The molecule has 0 spiro atoms. The molecule has 2 heterocycles. The fraction of sp³-hybridized carbons (Fsp3) is 0.450. The highest BCUT2D eigenvalue weighted by Crippen LogP contribution is 2.31. The van der Waals surface area contributed by atoms with Crippen molar-refractivity contribution in [3.63, 3.8) is 0 Å². The number of carbonyl (C=O) groups excluding carboxylic acids is 1. The van der Waals surface area contributed by atoms with Crippen molar-refractivity contribution in [3.05, 3.63) is 48.0 Å². The van der Waals surface area contributed by atoms with Crippen molar-refractivity contribution >= 4 is 16.9 Å². The highest BCUT2D eigenvalue weighted by Gasteiger charge is 2.49. The number of fused-ring (bicyclic) bond motifs is 2. The average molecular weight is 324 g/mol. The van der Waals surface area contributed by atoms with Gasteiger partial charge in [0.15, 0.2) is 0 Å². The lowest BCUT2D eigenvalue weighted by atomic mass is 9.92. The molecule has 0 bridgehead atoms. The van der Waals surface area contributed by atoms with Crippen molar-refractivity contribution in [2.75, 3.05) is 32.8 Å². The van der Waals surface area contributed by atoms with Crippen LogP contribution in [-0.4, -0.2) is 54.2 Å². The number of hydrogen-bond acceptors (Lipinski definition) is 3. The predicted octanol–water partition coefficient (Wildman–Crippen LogP) is 3.30. The van der Waals surface area contributed by atoms with E-state index in [1.54, 1.807) is 0 Å². The van der Waals surface area contributed by atoms with Gasteiger partial charge < -0.3 is 4.74 Å². The molecule has 2 aliphatic heterocycles. The molecule has 4 heteroatoms. The second-order valence-electron chi connectivity index (χ2n) is 6.95. The van der Waals surface area contributed by atoms with E-state index in [-0.39, 0.29) is 11.6 Å². The maximum Gasteiger partial charge on any atom is 0.410 e. The van der Waals surface area contributed by atoms with Gasteiger partial charge in [-0.15, -0.1) is 0 Å². The van der Waals surface area contributed by atoms with Crippen molar-refractivity contribution in [1.82, 2.24) is 9.80 Å². The SMILES string of the molecule is CCC12COC(=O)N1CCN(CCc1cccc3ccccc13)C2. The van der Waals surface area contributed by atoms with Crippen LogP contribution in [0.4, 0.5) is 4.79 Å². The first-order valence-corrected chi connectivity index (χ1v) is 8.85. The third kappa shape index (κ3) is 2.55. The Bertz CT molecular complexity index is 755.